The number of anilines is 1. The van der Waals surface area contributed by atoms with Crippen LogP contribution in [0.15, 0.2) is 61.1 Å². The zero-order chi connectivity index (χ0) is 15.9. The third kappa shape index (κ3) is 4.11. The minimum absolute atomic E-state index is 0.0228. The molecule has 2 heterocycles. The van der Waals surface area contributed by atoms with Crippen LogP contribution >= 0.6 is 0 Å². The molecule has 1 aromatic carbocycles. The largest absolute Gasteiger partial charge is 0.324 e. The van der Waals surface area contributed by atoms with Crippen molar-refractivity contribution in [1.29, 1.82) is 0 Å². The van der Waals surface area contributed by atoms with E-state index in [0.717, 1.165) is 28.7 Å². The van der Waals surface area contributed by atoms with E-state index in [1.807, 2.05) is 42.5 Å². The summed E-state index contributed by atoms with van der Waals surface area (Å²) in [4.78, 5) is 20.4. The van der Waals surface area contributed by atoms with Gasteiger partial charge in [0, 0.05) is 43.5 Å². The molecule has 0 aliphatic heterocycles. The van der Waals surface area contributed by atoms with Gasteiger partial charge in [0.25, 0.3) is 0 Å². The quantitative estimate of drug-likeness (QED) is 0.687. The number of rotatable bonds is 6. The van der Waals surface area contributed by atoms with E-state index in [1.165, 1.54) is 0 Å². The van der Waals surface area contributed by atoms with Gasteiger partial charge in [0.1, 0.15) is 0 Å². The van der Waals surface area contributed by atoms with Crippen molar-refractivity contribution in [3.8, 4) is 0 Å². The van der Waals surface area contributed by atoms with Crippen LogP contribution in [-0.4, -0.2) is 22.4 Å². The fraction of sp³-hybridized carbons (Fsp3) is 0.167. The first-order valence-corrected chi connectivity index (χ1v) is 7.56. The fourth-order valence-corrected chi connectivity index (χ4v) is 2.35. The van der Waals surface area contributed by atoms with Crippen LogP contribution < -0.4 is 10.6 Å². The number of nitrogens with zero attached hydrogens (tertiary/aromatic N) is 2. The molecule has 3 aromatic rings. The summed E-state index contributed by atoms with van der Waals surface area (Å²) in [5.74, 6) is -0.0228. The Bertz CT molecular complexity index is 784. The second-order valence-electron chi connectivity index (χ2n) is 5.21. The number of carbonyl (C=O) groups is 1. The van der Waals surface area contributed by atoms with Gasteiger partial charge in [0.15, 0.2) is 0 Å². The number of para-hydroxylation sites is 1. The van der Waals surface area contributed by atoms with Crippen LogP contribution in [0.25, 0.3) is 10.9 Å². The summed E-state index contributed by atoms with van der Waals surface area (Å²) in [5, 5.41) is 7.20. The third-order valence-electron chi connectivity index (χ3n) is 3.51. The number of pyridine rings is 2. The van der Waals surface area contributed by atoms with Crippen LogP contribution in [0.1, 0.15) is 12.0 Å². The van der Waals surface area contributed by atoms with Crippen LogP contribution in [0, 0.1) is 0 Å². The maximum atomic E-state index is 12.1. The van der Waals surface area contributed by atoms with Gasteiger partial charge in [-0.2, -0.15) is 0 Å². The van der Waals surface area contributed by atoms with Crippen molar-refractivity contribution in [2.45, 2.75) is 13.0 Å². The highest BCUT2D eigenvalue weighted by molar-refractivity contribution is 6.00. The van der Waals surface area contributed by atoms with Crippen LogP contribution in [0.3, 0.4) is 0 Å². The van der Waals surface area contributed by atoms with E-state index >= 15 is 0 Å². The van der Waals surface area contributed by atoms with E-state index < -0.39 is 0 Å². The number of hydrogen-bond donors (Lipinski definition) is 2. The molecule has 5 heteroatoms. The van der Waals surface area contributed by atoms with Crippen LogP contribution in [0.5, 0.6) is 0 Å². The van der Waals surface area contributed by atoms with E-state index in [2.05, 4.69) is 20.6 Å². The number of benzene rings is 1. The molecular formula is C18H18N4O. The predicted octanol–water partition coefficient (Wildman–Crippen LogP) is 2.75. The molecule has 2 aromatic heterocycles. The molecule has 2 N–H and O–H groups in total. The summed E-state index contributed by atoms with van der Waals surface area (Å²) in [6, 6.07) is 13.5. The summed E-state index contributed by atoms with van der Waals surface area (Å²) in [7, 11) is 0. The summed E-state index contributed by atoms with van der Waals surface area (Å²) in [5.41, 5.74) is 2.72. The number of aromatic nitrogens is 2. The van der Waals surface area contributed by atoms with Crippen LogP contribution in [0.4, 0.5) is 5.69 Å². The van der Waals surface area contributed by atoms with Crippen molar-refractivity contribution < 1.29 is 4.79 Å². The molecule has 5 nitrogen and oxygen atoms in total. The Morgan fingerprint density at radius 3 is 2.70 bits per heavy atom. The lowest BCUT2D eigenvalue weighted by atomic mass is 10.2. The van der Waals surface area contributed by atoms with Gasteiger partial charge in [-0.1, -0.05) is 18.2 Å². The first kappa shape index (κ1) is 15.1. The summed E-state index contributed by atoms with van der Waals surface area (Å²) < 4.78 is 0. The molecule has 0 saturated heterocycles. The highest BCUT2D eigenvalue weighted by atomic mass is 16.1. The Kier molecular flexibility index (Phi) is 4.91. The maximum Gasteiger partial charge on any atom is 0.225 e. The van der Waals surface area contributed by atoms with Crippen LogP contribution in [0.2, 0.25) is 0 Å². The summed E-state index contributed by atoms with van der Waals surface area (Å²) in [6.45, 7) is 1.35. The lowest BCUT2D eigenvalue weighted by Crippen LogP contribution is -2.21. The van der Waals surface area contributed by atoms with Gasteiger partial charge in [-0.15, -0.1) is 0 Å². The monoisotopic (exact) mass is 306 g/mol. The fourth-order valence-electron chi connectivity index (χ4n) is 2.35. The predicted molar refractivity (Wildman–Crippen MR) is 90.9 cm³/mol. The molecule has 0 aliphatic carbocycles. The topological polar surface area (TPSA) is 66.9 Å². The Morgan fingerprint density at radius 1 is 1.00 bits per heavy atom. The minimum Gasteiger partial charge on any atom is -0.324 e. The first-order chi connectivity index (χ1) is 11.3. The lowest BCUT2D eigenvalue weighted by Gasteiger charge is -2.08. The number of fused-ring (bicyclic) bond motifs is 1. The molecule has 0 aliphatic rings. The van der Waals surface area contributed by atoms with Crippen LogP contribution in [-0.2, 0) is 11.3 Å². The van der Waals surface area contributed by atoms with Gasteiger partial charge in [-0.3, -0.25) is 14.8 Å². The third-order valence-corrected chi connectivity index (χ3v) is 3.51. The standard InChI is InChI=1S/C18H18N4O/c23-17(8-12-20-13-14-6-10-19-11-7-14)22-16-5-1-3-15-4-2-9-21-18(15)16/h1-7,9-11,20H,8,12-13H2,(H,22,23). The molecule has 0 fully saturated rings. The average molecular weight is 306 g/mol. The second kappa shape index (κ2) is 7.47. The van der Waals surface area contributed by atoms with Crippen molar-refractivity contribution >= 4 is 22.5 Å². The zero-order valence-electron chi connectivity index (χ0n) is 12.7. The van der Waals surface area contributed by atoms with Crippen molar-refractivity contribution in [1.82, 2.24) is 15.3 Å². The van der Waals surface area contributed by atoms with Gasteiger partial charge < -0.3 is 10.6 Å². The number of hydrogen-bond acceptors (Lipinski definition) is 4. The van der Waals surface area contributed by atoms with E-state index in [1.54, 1.807) is 18.6 Å². The highest BCUT2D eigenvalue weighted by Crippen LogP contribution is 2.20. The van der Waals surface area contributed by atoms with Crippen molar-refractivity contribution in [2.75, 3.05) is 11.9 Å². The molecule has 0 saturated carbocycles. The molecule has 3 rings (SSSR count). The molecule has 0 radical (unpaired) electrons. The molecule has 0 bridgehead atoms. The Balaban J connectivity index is 1.51. The molecule has 0 unspecified atom stereocenters. The minimum atomic E-state index is -0.0228. The zero-order valence-corrected chi connectivity index (χ0v) is 12.7. The van der Waals surface area contributed by atoms with Crippen molar-refractivity contribution in [2.24, 2.45) is 0 Å². The Hall–Kier alpha value is -2.79. The molecule has 116 valence electrons. The van der Waals surface area contributed by atoms with Gasteiger partial charge in [0.2, 0.25) is 5.91 Å². The summed E-state index contributed by atoms with van der Waals surface area (Å²) in [6.07, 6.45) is 5.66. The number of amides is 1. The van der Waals surface area contributed by atoms with E-state index in [-0.39, 0.29) is 5.91 Å². The van der Waals surface area contributed by atoms with E-state index in [9.17, 15) is 4.79 Å². The maximum absolute atomic E-state index is 12.1. The normalized spacial score (nSPS) is 10.6. The molecule has 0 atom stereocenters. The molecule has 23 heavy (non-hydrogen) atoms. The average Bonchev–Trinajstić information content (AvgIpc) is 2.60. The van der Waals surface area contributed by atoms with Crippen molar-refractivity contribution in [3.63, 3.8) is 0 Å². The van der Waals surface area contributed by atoms with Gasteiger partial charge in [-0.05, 0) is 29.8 Å². The van der Waals surface area contributed by atoms with E-state index in [4.69, 9.17) is 0 Å². The molecular weight excluding hydrogens is 288 g/mol. The second-order valence-corrected chi connectivity index (χ2v) is 5.21. The first-order valence-electron chi connectivity index (χ1n) is 7.56. The van der Waals surface area contributed by atoms with Gasteiger partial charge >= 0.3 is 0 Å². The molecule has 0 spiro atoms. The number of carbonyl (C=O) groups excluding carboxylic acids is 1. The summed E-state index contributed by atoms with van der Waals surface area (Å²) >= 11 is 0. The smallest absolute Gasteiger partial charge is 0.225 e. The Labute approximate surface area is 134 Å². The Morgan fingerprint density at radius 2 is 1.83 bits per heavy atom. The highest BCUT2D eigenvalue weighted by Gasteiger charge is 2.06. The van der Waals surface area contributed by atoms with Gasteiger partial charge in [0.05, 0.1) is 11.2 Å². The van der Waals surface area contributed by atoms with Crippen molar-refractivity contribution in [3.05, 3.63) is 66.6 Å². The molecule has 1 amide bonds. The lowest BCUT2D eigenvalue weighted by molar-refractivity contribution is -0.116. The number of nitrogens with one attached hydrogen (secondary N) is 2. The van der Waals surface area contributed by atoms with E-state index in [0.29, 0.717) is 13.0 Å². The van der Waals surface area contributed by atoms with Gasteiger partial charge in [-0.25, -0.2) is 0 Å². The SMILES string of the molecule is O=C(CCNCc1ccncc1)Nc1cccc2cccnc12.